The van der Waals surface area contributed by atoms with E-state index in [4.69, 9.17) is 5.41 Å². The maximum Gasteiger partial charge on any atom is 0.277 e. The molecule has 0 unspecified atom stereocenters. The number of aliphatic imine (C=N–C) groups is 1. The molecule has 0 spiro atoms. The highest BCUT2D eigenvalue weighted by atomic mass is 16.7. The van der Waals surface area contributed by atoms with Crippen LogP contribution in [0.25, 0.3) is 0 Å². The summed E-state index contributed by atoms with van der Waals surface area (Å²) in [6, 6.07) is 0. The second-order valence-electron chi connectivity index (χ2n) is 3.48. The molecule has 0 aromatic heterocycles. The van der Waals surface area contributed by atoms with E-state index in [1.165, 1.54) is 10.3 Å². The number of nitrogens with zero attached hydrogens (tertiary/aromatic N) is 6. The van der Waals surface area contributed by atoms with Gasteiger partial charge in [0.05, 0.1) is 18.4 Å². The summed E-state index contributed by atoms with van der Waals surface area (Å²) in [6.45, 7) is 0.642. The van der Waals surface area contributed by atoms with Gasteiger partial charge in [0.25, 0.3) is 11.9 Å². The van der Waals surface area contributed by atoms with Crippen molar-refractivity contribution in [3.05, 3.63) is 25.1 Å². The Morgan fingerprint density at radius 3 is 2.75 bits per heavy atom. The van der Waals surface area contributed by atoms with E-state index in [0.717, 1.165) is 0 Å². The maximum absolute atomic E-state index is 10.5. The summed E-state index contributed by atoms with van der Waals surface area (Å²) < 4.78 is 0. The fourth-order valence-electron chi connectivity index (χ4n) is 1.44. The number of hydrazine groups is 2. The van der Waals surface area contributed by atoms with Crippen molar-refractivity contribution < 1.29 is 10.1 Å². The molecular weight excluding hydrogens is 278 g/mol. The highest BCUT2D eigenvalue weighted by Gasteiger charge is 2.22. The third-order valence-corrected chi connectivity index (χ3v) is 2.26. The molecule has 14 heteroatoms. The van der Waals surface area contributed by atoms with Gasteiger partial charge in [-0.15, -0.1) is 4.91 Å². The van der Waals surface area contributed by atoms with Crippen molar-refractivity contribution in [2.75, 3.05) is 26.2 Å². The smallest absolute Gasteiger partial charge is 0.277 e. The van der Waals surface area contributed by atoms with Gasteiger partial charge in [-0.1, -0.05) is 10.9 Å². The largest absolute Gasteiger partial charge is 0.335 e. The molecule has 0 aromatic carbocycles. The summed E-state index contributed by atoms with van der Waals surface area (Å²) in [4.78, 5) is 36.2. The van der Waals surface area contributed by atoms with Crippen molar-refractivity contribution in [2.24, 2.45) is 10.3 Å². The van der Waals surface area contributed by atoms with E-state index in [1.54, 1.807) is 0 Å². The van der Waals surface area contributed by atoms with Gasteiger partial charge in [-0.3, -0.25) is 5.41 Å². The van der Waals surface area contributed by atoms with Gasteiger partial charge >= 0.3 is 0 Å². The fraction of sp³-hybridized carbons (Fsp3) is 0.667. The Hall–Kier alpha value is -3.06. The Morgan fingerprint density at radius 1 is 1.50 bits per heavy atom. The SMILES string of the molecule is N=C(N[N+](=O)[O-])N(CCN1CCN=C1N[N+](=O)[O-])N=O. The van der Waals surface area contributed by atoms with Gasteiger partial charge in [0.2, 0.25) is 0 Å². The monoisotopic (exact) mass is 289 g/mol. The van der Waals surface area contributed by atoms with Crippen molar-refractivity contribution in [1.29, 1.82) is 5.41 Å². The molecule has 1 heterocycles. The lowest BCUT2D eigenvalue weighted by molar-refractivity contribution is -0.526. The third-order valence-electron chi connectivity index (χ3n) is 2.26. The molecule has 1 aliphatic heterocycles. The number of guanidine groups is 2. The molecule has 0 radical (unpaired) electrons. The Labute approximate surface area is 111 Å². The molecule has 110 valence electrons. The lowest BCUT2D eigenvalue weighted by Gasteiger charge is -2.20. The minimum absolute atomic E-state index is 0.0228. The Balaban J connectivity index is 2.50. The van der Waals surface area contributed by atoms with Gasteiger partial charge in [0.1, 0.15) is 0 Å². The van der Waals surface area contributed by atoms with E-state index in [0.29, 0.717) is 18.1 Å². The molecule has 0 aliphatic carbocycles. The lowest BCUT2D eigenvalue weighted by atomic mass is 10.5. The predicted octanol–water partition coefficient (Wildman–Crippen LogP) is -1.86. The van der Waals surface area contributed by atoms with E-state index in [9.17, 15) is 25.1 Å². The van der Waals surface area contributed by atoms with Crippen LogP contribution in [0.2, 0.25) is 0 Å². The van der Waals surface area contributed by atoms with E-state index >= 15 is 0 Å². The summed E-state index contributed by atoms with van der Waals surface area (Å²) in [5.41, 5.74) is 3.37. The van der Waals surface area contributed by atoms with Crippen molar-refractivity contribution in [3.63, 3.8) is 0 Å². The summed E-state index contributed by atoms with van der Waals surface area (Å²) in [5, 5.41) is 28.9. The molecule has 0 bridgehead atoms. The molecule has 0 atom stereocenters. The van der Waals surface area contributed by atoms with Crippen molar-refractivity contribution >= 4 is 11.9 Å². The van der Waals surface area contributed by atoms with Gasteiger partial charge in [0, 0.05) is 13.1 Å². The maximum atomic E-state index is 10.5. The zero-order valence-electron chi connectivity index (χ0n) is 10.1. The summed E-state index contributed by atoms with van der Waals surface area (Å²) in [7, 11) is 0. The average Bonchev–Trinajstić information content (AvgIpc) is 2.75. The molecule has 1 aliphatic rings. The van der Waals surface area contributed by atoms with Crippen LogP contribution in [0.5, 0.6) is 0 Å². The normalized spacial score (nSPS) is 13.4. The van der Waals surface area contributed by atoms with Gasteiger partial charge in [-0.2, -0.15) is 5.01 Å². The van der Waals surface area contributed by atoms with Crippen LogP contribution in [-0.2, 0) is 0 Å². The number of hydrogen-bond acceptors (Lipinski definition) is 9. The predicted molar refractivity (Wildman–Crippen MR) is 64.4 cm³/mol. The van der Waals surface area contributed by atoms with Gasteiger partial charge in [-0.25, -0.2) is 25.2 Å². The summed E-state index contributed by atoms with van der Waals surface area (Å²) >= 11 is 0. The number of rotatable bonds is 6. The quantitative estimate of drug-likeness (QED) is 0.166. The van der Waals surface area contributed by atoms with Gasteiger partial charge in [-0.05, 0) is 0 Å². The van der Waals surface area contributed by atoms with Crippen LogP contribution in [0.3, 0.4) is 0 Å². The zero-order chi connectivity index (χ0) is 15.1. The summed E-state index contributed by atoms with van der Waals surface area (Å²) in [6.07, 6.45) is 0. The second-order valence-corrected chi connectivity index (χ2v) is 3.48. The van der Waals surface area contributed by atoms with Crippen LogP contribution < -0.4 is 10.9 Å². The van der Waals surface area contributed by atoms with Crippen LogP contribution in [0.15, 0.2) is 10.3 Å². The van der Waals surface area contributed by atoms with Crippen molar-refractivity contribution in [1.82, 2.24) is 20.8 Å². The first-order chi connectivity index (χ1) is 9.43. The van der Waals surface area contributed by atoms with Crippen LogP contribution in [0.4, 0.5) is 0 Å². The van der Waals surface area contributed by atoms with E-state index in [1.807, 2.05) is 5.43 Å². The number of nitrogens with one attached hydrogen (secondary N) is 3. The molecule has 3 N–H and O–H groups in total. The highest BCUT2D eigenvalue weighted by molar-refractivity contribution is 5.80. The molecule has 0 amide bonds. The lowest BCUT2D eigenvalue weighted by Crippen LogP contribution is -2.47. The fourth-order valence-corrected chi connectivity index (χ4v) is 1.44. The second kappa shape index (κ2) is 6.76. The molecule has 0 saturated carbocycles. The van der Waals surface area contributed by atoms with E-state index in [-0.39, 0.29) is 19.0 Å². The number of nitroso groups, excluding NO2 is 1. The highest BCUT2D eigenvalue weighted by Crippen LogP contribution is 2.00. The van der Waals surface area contributed by atoms with Crippen molar-refractivity contribution in [3.8, 4) is 0 Å². The first kappa shape index (κ1) is 15.0. The van der Waals surface area contributed by atoms with Crippen LogP contribution in [0.1, 0.15) is 0 Å². The minimum atomic E-state index is -1.00. The van der Waals surface area contributed by atoms with Crippen LogP contribution >= 0.6 is 0 Å². The van der Waals surface area contributed by atoms with Crippen molar-refractivity contribution in [2.45, 2.75) is 0 Å². The molecule has 0 fully saturated rings. The van der Waals surface area contributed by atoms with Gasteiger partial charge < -0.3 is 4.90 Å². The zero-order valence-corrected chi connectivity index (χ0v) is 10.1. The van der Waals surface area contributed by atoms with Crippen LogP contribution in [-0.4, -0.2) is 58.1 Å². The Morgan fingerprint density at radius 2 is 2.20 bits per heavy atom. The standard InChI is InChI=1S/C6H11N9O5/c7-5(9-14(17)18)13(11-16)4-3-12-2-1-8-6(12)10-15(19)20/h1-4H2,(H2,7,9)(H,8,10). The number of nitro groups is 2. The Bertz CT molecular complexity index is 450. The summed E-state index contributed by atoms with van der Waals surface area (Å²) in [5.74, 6) is -0.778. The topological polar surface area (TPSA) is 182 Å². The van der Waals surface area contributed by atoms with E-state index in [2.05, 4.69) is 10.3 Å². The minimum Gasteiger partial charge on any atom is -0.335 e. The molecule has 0 saturated heterocycles. The molecule has 0 aromatic rings. The molecular formula is C6H11N9O5. The molecule has 1 rings (SSSR count). The first-order valence-corrected chi connectivity index (χ1v) is 5.25. The van der Waals surface area contributed by atoms with Crippen LogP contribution in [0, 0.1) is 30.5 Å². The van der Waals surface area contributed by atoms with E-state index < -0.39 is 16.0 Å². The molecule has 14 nitrogen and oxygen atoms in total. The van der Waals surface area contributed by atoms with Gasteiger partial charge in [0.15, 0.2) is 10.1 Å². The first-order valence-electron chi connectivity index (χ1n) is 5.25. The molecule has 20 heavy (non-hydrogen) atoms. The average molecular weight is 289 g/mol. The number of hydrogen-bond donors (Lipinski definition) is 3. The Kier molecular flexibility index (Phi) is 5.07. The third kappa shape index (κ3) is 4.31.